The van der Waals surface area contributed by atoms with E-state index in [-0.39, 0.29) is 11.6 Å². The molecule has 0 N–H and O–H groups in total. The van der Waals surface area contributed by atoms with Gasteiger partial charge in [0.05, 0.1) is 18.1 Å². The zero-order valence-electron chi connectivity index (χ0n) is 11.4. The van der Waals surface area contributed by atoms with Crippen LogP contribution in [-0.2, 0) is 14.3 Å². The van der Waals surface area contributed by atoms with Crippen molar-refractivity contribution in [3.05, 3.63) is 5.92 Å². The topological polar surface area (TPSA) is 38.8 Å². The van der Waals surface area contributed by atoms with Crippen LogP contribution in [0.5, 0.6) is 0 Å². The van der Waals surface area contributed by atoms with Crippen molar-refractivity contribution in [2.45, 2.75) is 76.6 Å². The first-order valence-corrected chi connectivity index (χ1v) is 7.32. The minimum atomic E-state index is -0.219. The molecule has 0 amide bonds. The first-order chi connectivity index (χ1) is 8.57. The molecule has 1 aliphatic heterocycles. The highest BCUT2D eigenvalue weighted by atomic mass is 16.6. The van der Waals surface area contributed by atoms with Gasteiger partial charge in [0, 0.05) is 0 Å². The third-order valence-electron chi connectivity index (χ3n) is 4.80. The van der Waals surface area contributed by atoms with E-state index in [9.17, 15) is 4.79 Å². The minimum absolute atomic E-state index is 0.0548. The minimum Gasteiger partial charge on any atom is -0.459 e. The van der Waals surface area contributed by atoms with Crippen molar-refractivity contribution in [1.29, 1.82) is 0 Å². The molecule has 3 unspecified atom stereocenters. The van der Waals surface area contributed by atoms with E-state index in [1.165, 1.54) is 19.3 Å². The number of hydrogen-bond acceptors (Lipinski definition) is 3. The van der Waals surface area contributed by atoms with Gasteiger partial charge in [-0.3, -0.25) is 4.79 Å². The largest absolute Gasteiger partial charge is 0.459 e. The van der Waals surface area contributed by atoms with E-state index in [4.69, 9.17) is 9.47 Å². The van der Waals surface area contributed by atoms with E-state index < -0.39 is 0 Å². The molecule has 0 aromatic carbocycles. The maximum absolute atomic E-state index is 12.3. The predicted molar refractivity (Wildman–Crippen MR) is 67.9 cm³/mol. The van der Waals surface area contributed by atoms with Crippen molar-refractivity contribution in [1.82, 2.24) is 0 Å². The molecule has 3 nitrogen and oxygen atoms in total. The Morgan fingerprint density at radius 2 is 2.00 bits per heavy atom. The van der Waals surface area contributed by atoms with Crippen molar-refractivity contribution in [2.75, 3.05) is 0 Å². The van der Waals surface area contributed by atoms with Gasteiger partial charge in [-0.05, 0) is 51.4 Å². The quantitative estimate of drug-likeness (QED) is 0.559. The molecular weight excluding hydrogens is 228 g/mol. The average Bonchev–Trinajstić information content (AvgIpc) is 3.06. The summed E-state index contributed by atoms with van der Waals surface area (Å²) in [5.41, 5.74) is -0.219. The number of esters is 1. The van der Waals surface area contributed by atoms with E-state index in [2.05, 4.69) is 13.8 Å². The summed E-state index contributed by atoms with van der Waals surface area (Å²) in [7, 11) is 0. The highest BCUT2D eigenvalue weighted by molar-refractivity contribution is 5.86. The van der Waals surface area contributed by atoms with Gasteiger partial charge in [0.25, 0.3) is 0 Å². The Labute approximate surface area is 109 Å². The van der Waals surface area contributed by atoms with Gasteiger partial charge in [0.2, 0.25) is 0 Å². The number of hydrogen-bond donors (Lipinski definition) is 0. The summed E-state index contributed by atoms with van der Waals surface area (Å²) >= 11 is 0. The Hall–Kier alpha value is -0.570. The monoisotopic (exact) mass is 251 g/mol. The van der Waals surface area contributed by atoms with E-state index in [0.717, 1.165) is 31.6 Å². The van der Waals surface area contributed by atoms with Crippen LogP contribution in [0.4, 0.5) is 0 Å². The number of epoxide rings is 1. The van der Waals surface area contributed by atoms with Crippen LogP contribution < -0.4 is 0 Å². The van der Waals surface area contributed by atoms with Crippen LogP contribution in [0.1, 0.15) is 58.8 Å². The first-order valence-electron chi connectivity index (χ1n) is 7.32. The highest BCUT2D eigenvalue weighted by Gasteiger charge is 2.50. The molecule has 101 valence electrons. The molecule has 0 bridgehead atoms. The Kier molecular flexibility index (Phi) is 3.13. The van der Waals surface area contributed by atoms with Crippen molar-refractivity contribution < 1.29 is 14.3 Å². The van der Waals surface area contributed by atoms with Crippen molar-refractivity contribution >= 4 is 5.97 Å². The molecule has 1 radical (unpaired) electrons. The summed E-state index contributed by atoms with van der Waals surface area (Å²) in [4.78, 5) is 12.3. The number of fused-ring (bicyclic) bond motifs is 1. The lowest BCUT2D eigenvalue weighted by Gasteiger charge is -2.35. The van der Waals surface area contributed by atoms with Crippen molar-refractivity contribution in [3.63, 3.8) is 0 Å². The summed E-state index contributed by atoms with van der Waals surface area (Å²) in [5, 5.41) is 0. The lowest BCUT2D eigenvalue weighted by atomic mass is 9.80. The Balaban J connectivity index is 1.59. The van der Waals surface area contributed by atoms with E-state index in [1.807, 2.05) is 0 Å². The van der Waals surface area contributed by atoms with Gasteiger partial charge in [-0.15, -0.1) is 0 Å². The number of carbonyl (C=O) groups excluding carboxylic acids is 1. The molecule has 0 aromatic rings. The van der Waals surface area contributed by atoms with Gasteiger partial charge in [-0.25, -0.2) is 0 Å². The lowest BCUT2D eigenvalue weighted by Crippen LogP contribution is -2.38. The van der Waals surface area contributed by atoms with Gasteiger partial charge < -0.3 is 9.47 Å². The van der Waals surface area contributed by atoms with Gasteiger partial charge in [0.1, 0.15) is 5.60 Å². The molecule has 3 aliphatic rings. The SMILES string of the molecule is CC1CC2OC2C[C]1C(=O)OC1(C)CCCCC1. The Bertz CT molecular complexity index is 333. The Morgan fingerprint density at radius 3 is 2.72 bits per heavy atom. The number of ether oxygens (including phenoxy) is 2. The highest BCUT2D eigenvalue weighted by Crippen LogP contribution is 2.45. The maximum atomic E-state index is 12.3. The van der Waals surface area contributed by atoms with E-state index >= 15 is 0 Å². The van der Waals surface area contributed by atoms with Crippen LogP contribution in [0.3, 0.4) is 0 Å². The molecule has 2 aliphatic carbocycles. The summed E-state index contributed by atoms with van der Waals surface area (Å²) in [5.74, 6) is 1.23. The molecule has 3 atom stereocenters. The fourth-order valence-corrected chi connectivity index (χ4v) is 3.45. The lowest BCUT2D eigenvalue weighted by molar-refractivity contribution is -0.160. The normalized spacial score (nSPS) is 38.9. The van der Waals surface area contributed by atoms with Crippen LogP contribution in [0.2, 0.25) is 0 Å². The zero-order valence-corrected chi connectivity index (χ0v) is 11.4. The smallest absolute Gasteiger partial charge is 0.314 e. The van der Waals surface area contributed by atoms with E-state index in [0.29, 0.717) is 18.1 Å². The van der Waals surface area contributed by atoms with Crippen molar-refractivity contribution in [2.24, 2.45) is 5.92 Å². The summed E-state index contributed by atoms with van der Waals surface area (Å²) in [6.45, 7) is 4.21. The second-order valence-electron chi connectivity index (χ2n) is 6.48. The van der Waals surface area contributed by atoms with Crippen LogP contribution in [0.15, 0.2) is 0 Å². The molecule has 3 heteroatoms. The van der Waals surface area contributed by atoms with Crippen LogP contribution in [0, 0.1) is 11.8 Å². The van der Waals surface area contributed by atoms with E-state index in [1.54, 1.807) is 0 Å². The standard InChI is InChI=1S/C15H23O3/c1-10-8-12-13(17-12)9-11(10)14(16)18-15(2)6-4-3-5-7-15/h10,12-13H,3-9H2,1-2H3. The molecule has 1 heterocycles. The molecule has 0 spiro atoms. The van der Waals surface area contributed by atoms with Crippen LogP contribution in [-0.4, -0.2) is 23.8 Å². The zero-order chi connectivity index (χ0) is 12.8. The summed E-state index contributed by atoms with van der Waals surface area (Å²) < 4.78 is 11.3. The van der Waals surface area contributed by atoms with Gasteiger partial charge in [-0.1, -0.05) is 13.3 Å². The molecule has 0 aromatic heterocycles. The predicted octanol–water partition coefficient (Wildman–Crippen LogP) is 3.02. The molecule has 18 heavy (non-hydrogen) atoms. The van der Waals surface area contributed by atoms with Gasteiger partial charge in [-0.2, -0.15) is 0 Å². The van der Waals surface area contributed by atoms with Gasteiger partial charge >= 0.3 is 5.97 Å². The molecular formula is C15H23O3. The fourth-order valence-electron chi connectivity index (χ4n) is 3.45. The third kappa shape index (κ3) is 2.42. The second kappa shape index (κ2) is 4.52. The number of carbonyl (C=O) groups is 1. The molecule has 1 saturated heterocycles. The van der Waals surface area contributed by atoms with Crippen LogP contribution >= 0.6 is 0 Å². The summed E-state index contributed by atoms with van der Waals surface area (Å²) in [6, 6.07) is 0. The third-order valence-corrected chi connectivity index (χ3v) is 4.80. The maximum Gasteiger partial charge on any atom is 0.314 e. The first kappa shape index (κ1) is 12.5. The molecule has 2 saturated carbocycles. The number of rotatable bonds is 2. The molecule has 3 rings (SSSR count). The molecule has 3 fully saturated rings. The average molecular weight is 251 g/mol. The second-order valence-corrected chi connectivity index (χ2v) is 6.48. The van der Waals surface area contributed by atoms with Crippen molar-refractivity contribution in [3.8, 4) is 0 Å². The van der Waals surface area contributed by atoms with Gasteiger partial charge in [0.15, 0.2) is 0 Å². The Morgan fingerprint density at radius 1 is 1.28 bits per heavy atom. The van der Waals surface area contributed by atoms with Crippen LogP contribution in [0.25, 0.3) is 0 Å². The fraction of sp³-hybridized carbons (Fsp3) is 0.867. The summed E-state index contributed by atoms with van der Waals surface area (Å²) in [6.07, 6.45) is 8.19.